The Balaban J connectivity index is 2.71. The number of hydrogen-bond donors (Lipinski definition) is 0. The van der Waals surface area contributed by atoms with Crippen molar-refractivity contribution in [2.24, 2.45) is 0 Å². The standard InChI is InChI=1S/C11H8N2O3/c1-7(14)8-2-3-9-10(6-8)16-11(15)13(9)5-4-12/h2-3,6H,5H2,1H3. The summed E-state index contributed by atoms with van der Waals surface area (Å²) in [5.74, 6) is -0.685. The van der Waals surface area contributed by atoms with E-state index in [1.165, 1.54) is 17.6 Å². The summed E-state index contributed by atoms with van der Waals surface area (Å²) in [7, 11) is 0. The summed E-state index contributed by atoms with van der Waals surface area (Å²) < 4.78 is 6.17. The molecule has 5 heteroatoms. The number of Topliss-reactive ketones (excluding diaryl/α,β-unsaturated/α-hetero) is 1. The Morgan fingerprint density at radius 3 is 2.94 bits per heavy atom. The number of ketones is 1. The van der Waals surface area contributed by atoms with E-state index in [9.17, 15) is 9.59 Å². The molecule has 5 nitrogen and oxygen atoms in total. The molecular formula is C11H8N2O3. The van der Waals surface area contributed by atoms with Crippen molar-refractivity contribution in [2.45, 2.75) is 13.5 Å². The second kappa shape index (κ2) is 3.66. The van der Waals surface area contributed by atoms with Crippen LogP contribution in [0.2, 0.25) is 0 Å². The smallest absolute Gasteiger partial charge is 0.408 e. The minimum atomic E-state index is -0.586. The van der Waals surface area contributed by atoms with Gasteiger partial charge >= 0.3 is 5.76 Å². The average molecular weight is 216 g/mol. The lowest BCUT2D eigenvalue weighted by Gasteiger charge is -1.96. The minimum absolute atomic E-state index is 0.0642. The number of carbonyl (C=O) groups is 1. The van der Waals surface area contributed by atoms with Gasteiger partial charge in [-0.1, -0.05) is 0 Å². The molecule has 0 N–H and O–H groups in total. The number of hydrogen-bond acceptors (Lipinski definition) is 4. The van der Waals surface area contributed by atoms with Crippen molar-refractivity contribution >= 4 is 16.9 Å². The lowest BCUT2D eigenvalue weighted by atomic mass is 10.1. The van der Waals surface area contributed by atoms with Crippen LogP contribution < -0.4 is 5.76 Å². The summed E-state index contributed by atoms with van der Waals surface area (Å²) in [4.78, 5) is 22.5. The third kappa shape index (κ3) is 1.50. The highest BCUT2D eigenvalue weighted by atomic mass is 16.4. The predicted molar refractivity (Wildman–Crippen MR) is 56.1 cm³/mol. The molecular weight excluding hydrogens is 208 g/mol. The number of fused-ring (bicyclic) bond motifs is 1. The van der Waals surface area contributed by atoms with Gasteiger partial charge in [-0.15, -0.1) is 0 Å². The van der Waals surface area contributed by atoms with E-state index in [0.717, 1.165) is 0 Å². The maximum absolute atomic E-state index is 11.4. The number of nitrogens with zero attached hydrogens (tertiary/aromatic N) is 2. The Kier molecular flexibility index (Phi) is 2.33. The monoisotopic (exact) mass is 216 g/mol. The van der Waals surface area contributed by atoms with Crippen molar-refractivity contribution in [1.82, 2.24) is 4.57 Å². The Hall–Kier alpha value is -2.35. The summed E-state index contributed by atoms with van der Waals surface area (Å²) in [6.45, 7) is 1.37. The van der Waals surface area contributed by atoms with Crippen molar-refractivity contribution in [2.75, 3.05) is 0 Å². The van der Waals surface area contributed by atoms with E-state index in [1.807, 2.05) is 6.07 Å². The lowest BCUT2D eigenvalue weighted by Crippen LogP contribution is -2.12. The number of benzene rings is 1. The fourth-order valence-corrected chi connectivity index (χ4v) is 1.51. The van der Waals surface area contributed by atoms with Gasteiger partial charge in [0.15, 0.2) is 11.4 Å². The van der Waals surface area contributed by atoms with E-state index < -0.39 is 5.76 Å². The van der Waals surface area contributed by atoms with Crippen LogP contribution in [-0.2, 0) is 6.54 Å². The Morgan fingerprint density at radius 2 is 2.31 bits per heavy atom. The van der Waals surface area contributed by atoms with Crippen LogP contribution in [0.3, 0.4) is 0 Å². The molecule has 1 aromatic carbocycles. The van der Waals surface area contributed by atoms with Crippen LogP contribution in [0.1, 0.15) is 17.3 Å². The summed E-state index contributed by atoms with van der Waals surface area (Å²) in [6.07, 6.45) is 0. The SMILES string of the molecule is CC(=O)c1ccc2c(c1)oc(=O)n2CC#N. The van der Waals surface area contributed by atoms with Gasteiger partial charge in [0, 0.05) is 5.56 Å². The summed E-state index contributed by atoms with van der Waals surface area (Å²) in [5, 5.41) is 8.56. The van der Waals surface area contributed by atoms with Gasteiger partial charge in [-0.3, -0.25) is 9.36 Å². The molecule has 0 amide bonds. The van der Waals surface area contributed by atoms with Crippen LogP contribution in [-0.4, -0.2) is 10.4 Å². The van der Waals surface area contributed by atoms with Crippen LogP contribution in [0.4, 0.5) is 0 Å². The third-order valence-electron chi connectivity index (χ3n) is 2.30. The number of nitriles is 1. The second-order valence-corrected chi connectivity index (χ2v) is 3.35. The predicted octanol–water partition coefficient (Wildman–Crippen LogP) is 1.32. The molecule has 0 aliphatic rings. The van der Waals surface area contributed by atoms with Crippen molar-refractivity contribution in [3.8, 4) is 6.07 Å². The number of oxazole rings is 1. The zero-order valence-electron chi connectivity index (χ0n) is 8.56. The molecule has 0 unspecified atom stereocenters. The molecule has 0 aliphatic heterocycles. The quantitative estimate of drug-likeness (QED) is 0.709. The van der Waals surface area contributed by atoms with Gasteiger partial charge in [0.2, 0.25) is 0 Å². The second-order valence-electron chi connectivity index (χ2n) is 3.35. The molecule has 0 aliphatic carbocycles. The molecule has 0 saturated carbocycles. The van der Waals surface area contributed by atoms with Crippen LogP contribution in [0.5, 0.6) is 0 Å². The fraction of sp³-hybridized carbons (Fsp3) is 0.182. The van der Waals surface area contributed by atoms with Gasteiger partial charge < -0.3 is 4.42 Å². The number of carbonyl (C=O) groups excluding carboxylic acids is 1. The van der Waals surface area contributed by atoms with E-state index >= 15 is 0 Å². The average Bonchev–Trinajstić information content (AvgIpc) is 2.55. The molecule has 16 heavy (non-hydrogen) atoms. The first-order chi connectivity index (χ1) is 7.63. The Labute approximate surface area is 90.5 Å². The highest BCUT2D eigenvalue weighted by molar-refractivity contribution is 5.96. The molecule has 0 radical (unpaired) electrons. The topological polar surface area (TPSA) is 76.0 Å². The van der Waals surface area contributed by atoms with E-state index in [0.29, 0.717) is 16.7 Å². The van der Waals surface area contributed by atoms with Crippen molar-refractivity contribution in [3.05, 3.63) is 34.3 Å². The maximum Gasteiger partial charge on any atom is 0.420 e. The lowest BCUT2D eigenvalue weighted by molar-refractivity contribution is 0.101. The van der Waals surface area contributed by atoms with Crippen LogP contribution in [0, 0.1) is 11.3 Å². The first kappa shape index (κ1) is 10.2. The molecule has 2 rings (SSSR count). The van der Waals surface area contributed by atoms with E-state index in [1.54, 1.807) is 12.1 Å². The molecule has 80 valence electrons. The van der Waals surface area contributed by atoms with Crippen molar-refractivity contribution < 1.29 is 9.21 Å². The molecule has 0 bridgehead atoms. The molecule has 1 aromatic heterocycles. The third-order valence-corrected chi connectivity index (χ3v) is 2.30. The van der Waals surface area contributed by atoms with Crippen molar-refractivity contribution in [1.29, 1.82) is 5.26 Å². The largest absolute Gasteiger partial charge is 0.420 e. The van der Waals surface area contributed by atoms with Gasteiger partial charge in [0.05, 0.1) is 11.6 Å². The zero-order valence-corrected chi connectivity index (χ0v) is 8.56. The van der Waals surface area contributed by atoms with Gasteiger partial charge in [-0.25, -0.2) is 4.79 Å². The fourth-order valence-electron chi connectivity index (χ4n) is 1.51. The minimum Gasteiger partial charge on any atom is -0.408 e. The molecule has 0 spiro atoms. The highest BCUT2D eigenvalue weighted by Gasteiger charge is 2.10. The molecule has 1 heterocycles. The molecule has 0 atom stereocenters. The number of aromatic nitrogens is 1. The Bertz CT molecular complexity index is 658. The van der Waals surface area contributed by atoms with Crippen LogP contribution >= 0.6 is 0 Å². The van der Waals surface area contributed by atoms with Crippen LogP contribution in [0.15, 0.2) is 27.4 Å². The summed E-state index contributed by atoms with van der Waals surface area (Å²) >= 11 is 0. The molecule has 0 fully saturated rings. The van der Waals surface area contributed by atoms with E-state index in [2.05, 4.69) is 0 Å². The molecule has 0 saturated heterocycles. The van der Waals surface area contributed by atoms with E-state index in [-0.39, 0.29) is 12.3 Å². The normalized spacial score (nSPS) is 10.2. The van der Waals surface area contributed by atoms with Crippen LogP contribution in [0.25, 0.3) is 11.1 Å². The van der Waals surface area contributed by atoms with Gasteiger partial charge in [-0.2, -0.15) is 5.26 Å². The zero-order chi connectivity index (χ0) is 11.7. The van der Waals surface area contributed by atoms with E-state index in [4.69, 9.17) is 9.68 Å². The van der Waals surface area contributed by atoms with Gasteiger partial charge in [0.25, 0.3) is 0 Å². The number of rotatable bonds is 2. The molecule has 2 aromatic rings. The summed E-state index contributed by atoms with van der Waals surface area (Å²) in [5.41, 5.74) is 1.33. The van der Waals surface area contributed by atoms with Gasteiger partial charge in [0.1, 0.15) is 6.54 Å². The highest BCUT2D eigenvalue weighted by Crippen LogP contribution is 2.15. The summed E-state index contributed by atoms with van der Waals surface area (Å²) in [6, 6.07) is 6.59. The first-order valence-corrected chi connectivity index (χ1v) is 4.65. The van der Waals surface area contributed by atoms with Gasteiger partial charge in [-0.05, 0) is 25.1 Å². The maximum atomic E-state index is 11.4. The Morgan fingerprint density at radius 1 is 1.56 bits per heavy atom. The van der Waals surface area contributed by atoms with Crippen molar-refractivity contribution in [3.63, 3.8) is 0 Å². The first-order valence-electron chi connectivity index (χ1n) is 4.65.